The van der Waals surface area contributed by atoms with Crippen LogP contribution in [0.4, 0.5) is 0 Å². The van der Waals surface area contributed by atoms with Crippen LogP contribution in [0, 0.1) is 5.92 Å². The summed E-state index contributed by atoms with van der Waals surface area (Å²) in [5, 5.41) is 12.5. The van der Waals surface area contributed by atoms with Crippen molar-refractivity contribution in [3.05, 3.63) is 48.0 Å². The lowest BCUT2D eigenvalue weighted by molar-refractivity contribution is -0.129. The average Bonchev–Trinajstić information content (AvgIpc) is 2.61. The zero-order valence-corrected chi connectivity index (χ0v) is 13.7. The highest BCUT2D eigenvalue weighted by atomic mass is 16.5. The van der Waals surface area contributed by atoms with Crippen molar-refractivity contribution in [1.29, 1.82) is 0 Å². The van der Waals surface area contributed by atoms with E-state index in [1.54, 1.807) is 0 Å². The fourth-order valence-corrected chi connectivity index (χ4v) is 2.93. The molecule has 1 aliphatic rings. The summed E-state index contributed by atoms with van der Waals surface area (Å²) in [6.45, 7) is 5.04. The molecule has 0 saturated carbocycles. The molecule has 1 aliphatic heterocycles. The summed E-state index contributed by atoms with van der Waals surface area (Å²) in [7, 11) is 0. The molecular weight excluding hydrogens is 290 g/mol. The summed E-state index contributed by atoms with van der Waals surface area (Å²) < 4.78 is 5.42. The molecule has 1 heterocycles. The smallest absolute Gasteiger partial charge is 0.225 e. The van der Waals surface area contributed by atoms with E-state index in [9.17, 15) is 9.90 Å². The lowest BCUT2D eigenvalue weighted by Crippen LogP contribution is -2.37. The Bertz CT molecular complexity index is 509. The molecule has 0 aliphatic carbocycles. The Morgan fingerprint density at radius 2 is 2.39 bits per heavy atom. The van der Waals surface area contributed by atoms with Crippen LogP contribution in [0.15, 0.2) is 36.9 Å². The van der Waals surface area contributed by atoms with Crippen LogP contribution >= 0.6 is 0 Å². The summed E-state index contributed by atoms with van der Waals surface area (Å²) in [6.07, 6.45) is 6.50. The minimum atomic E-state index is -0.0494. The zero-order valence-electron chi connectivity index (χ0n) is 13.7. The molecule has 0 aromatic heterocycles. The molecule has 0 radical (unpaired) electrons. The molecule has 4 nitrogen and oxygen atoms in total. The van der Waals surface area contributed by atoms with Crippen LogP contribution in [-0.4, -0.2) is 24.2 Å². The number of benzene rings is 1. The zero-order chi connectivity index (χ0) is 16.5. The molecule has 1 fully saturated rings. The first-order chi connectivity index (χ1) is 11.2. The number of hydrogen-bond donors (Lipinski definition) is 2. The van der Waals surface area contributed by atoms with E-state index in [0.717, 1.165) is 49.8 Å². The molecule has 2 N–H and O–H groups in total. The van der Waals surface area contributed by atoms with Crippen molar-refractivity contribution in [2.75, 3.05) is 13.2 Å². The van der Waals surface area contributed by atoms with Gasteiger partial charge in [-0.3, -0.25) is 4.79 Å². The number of amides is 1. The molecule has 2 atom stereocenters. The number of rotatable bonds is 8. The van der Waals surface area contributed by atoms with Gasteiger partial charge in [-0.2, -0.15) is 0 Å². The Hall–Kier alpha value is -1.65. The third-order valence-electron chi connectivity index (χ3n) is 4.28. The summed E-state index contributed by atoms with van der Waals surface area (Å²) in [4.78, 5) is 12.5. The standard InChI is InChI=1S/C19H27NO3/c1-2-3-4-10-18(16-8-5-7-15(12-16)13-21)20-19(22)17-9-6-11-23-14-17/h2,5,7-8,12,17-18,21H,1,3-4,6,9-11,13-14H2,(H,20,22)/t17?,18-/m1/s1. The maximum absolute atomic E-state index is 12.5. The van der Waals surface area contributed by atoms with E-state index in [2.05, 4.69) is 11.9 Å². The highest BCUT2D eigenvalue weighted by Gasteiger charge is 2.24. The van der Waals surface area contributed by atoms with Crippen molar-refractivity contribution in [1.82, 2.24) is 5.32 Å². The van der Waals surface area contributed by atoms with Crippen molar-refractivity contribution in [3.8, 4) is 0 Å². The molecule has 1 amide bonds. The van der Waals surface area contributed by atoms with E-state index in [4.69, 9.17) is 4.74 Å². The molecule has 1 saturated heterocycles. The monoisotopic (exact) mass is 317 g/mol. The maximum atomic E-state index is 12.5. The molecule has 1 aromatic carbocycles. The van der Waals surface area contributed by atoms with Gasteiger partial charge in [0.2, 0.25) is 5.91 Å². The SMILES string of the molecule is C=CCCC[C@@H](NC(=O)C1CCCOC1)c1cccc(CO)c1. The van der Waals surface area contributed by atoms with Gasteiger partial charge in [0, 0.05) is 6.61 Å². The second-order valence-electron chi connectivity index (χ2n) is 6.10. The van der Waals surface area contributed by atoms with Crippen LogP contribution in [0.25, 0.3) is 0 Å². The second kappa shape index (κ2) is 9.48. The van der Waals surface area contributed by atoms with Gasteiger partial charge < -0.3 is 15.2 Å². The number of unbranched alkanes of at least 4 members (excludes halogenated alkanes) is 1. The van der Waals surface area contributed by atoms with Crippen LogP contribution < -0.4 is 5.32 Å². The number of aliphatic hydroxyl groups excluding tert-OH is 1. The van der Waals surface area contributed by atoms with Gasteiger partial charge in [-0.15, -0.1) is 6.58 Å². The Morgan fingerprint density at radius 1 is 1.52 bits per heavy atom. The minimum absolute atomic E-state index is 0.0115. The Morgan fingerprint density at radius 3 is 3.09 bits per heavy atom. The van der Waals surface area contributed by atoms with E-state index in [1.807, 2.05) is 30.3 Å². The minimum Gasteiger partial charge on any atom is -0.392 e. The number of aliphatic hydroxyl groups is 1. The first-order valence-electron chi connectivity index (χ1n) is 8.43. The quantitative estimate of drug-likeness (QED) is 0.572. The summed E-state index contributed by atoms with van der Waals surface area (Å²) in [6, 6.07) is 7.76. The van der Waals surface area contributed by atoms with Crippen molar-refractivity contribution >= 4 is 5.91 Å². The Kier molecular flexibility index (Phi) is 7.30. The third-order valence-corrected chi connectivity index (χ3v) is 4.28. The largest absolute Gasteiger partial charge is 0.392 e. The van der Waals surface area contributed by atoms with Crippen molar-refractivity contribution in [2.45, 2.75) is 44.8 Å². The van der Waals surface area contributed by atoms with Crippen molar-refractivity contribution in [3.63, 3.8) is 0 Å². The normalized spacial score (nSPS) is 19.1. The first kappa shape index (κ1) is 17.7. The highest BCUT2D eigenvalue weighted by Crippen LogP contribution is 2.23. The molecule has 1 unspecified atom stereocenters. The second-order valence-corrected chi connectivity index (χ2v) is 6.10. The van der Waals surface area contributed by atoms with Gasteiger partial charge in [-0.25, -0.2) is 0 Å². The highest BCUT2D eigenvalue weighted by molar-refractivity contribution is 5.79. The fraction of sp³-hybridized carbons (Fsp3) is 0.526. The number of carbonyl (C=O) groups excluding carboxylic acids is 1. The molecular formula is C19H27NO3. The van der Waals surface area contributed by atoms with Crippen LogP contribution in [0.3, 0.4) is 0 Å². The molecule has 23 heavy (non-hydrogen) atoms. The number of hydrogen-bond acceptors (Lipinski definition) is 3. The number of ether oxygens (including phenoxy) is 1. The summed E-state index contributed by atoms with van der Waals surface area (Å²) in [5.74, 6) is 0.0226. The number of carbonyl (C=O) groups is 1. The van der Waals surface area contributed by atoms with Gasteiger partial charge in [0.15, 0.2) is 0 Å². The molecule has 1 aromatic rings. The Labute approximate surface area is 138 Å². The molecule has 4 heteroatoms. The van der Waals surface area contributed by atoms with E-state index >= 15 is 0 Å². The predicted molar refractivity (Wildman–Crippen MR) is 90.8 cm³/mol. The maximum Gasteiger partial charge on any atom is 0.225 e. The molecule has 126 valence electrons. The fourth-order valence-electron chi connectivity index (χ4n) is 2.93. The van der Waals surface area contributed by atoms with Gasteiger partial charge in [-0.1, -0.05) is 30.3 Å². The van der Waals surface area contributed by atoms with E-state index in [1.165, 1.54) is 0 Å². The topological polar surface area (TPSA) is 58.6 Å². The van der Waals surface area contributed by atoms with Crippen LogP contribution in [0.5, 0.6) is 0 Å². The van der Waals surface area contributed by atoms with Crippen LogP contribution in [0.1, 0.15) is 49.3 Å². The Balaban J connectivity index is 2.05. The number of nitrogens with one attached hydrogen (secondary N) is 1. The molecule has 0 spiro atoms. The van der Waals surface area contributed by atoms with Crippen LogP contribution in [-0.2, 0) is 16.1 Å². The predicted octanol–water partition coefficient (Wildman–Crippen LogP) is 3.12. The van der Waals surface area contributed by atoms with Crippen molar-refractivity contribution < 1.29 is 14.6 Å². The lowest BCUT2D eigenvalue weighted by atomic mass is 9.96. The van der Waals surface area contributed by atoms with E-state index < -0.39 is 0 Å². The van der Waals surface area contributed by atoms with Gasteiger partial charge >= 0.3 is 0 Å². The summed E-state index contributed by atoms with van der Waals surface area (Å²) in [5.41, 5.74) is 1.91. The van der Waals surface area contributed by atoms with E-state index in [-0.39, 0.29) is 24.5 Å². The first-order valence-corrected chi connectivity index (χ1v) is 8.43. The van der Waals surface area contributed by atoms with Gasteiger partial charge in [-0.05, 0) is 43.2 Å². The van der Waals surface area contributed by atoms with Gasteiger partial charge in [0.05, 0.1) is 25.2 Å². The third kappa shape index (κ3) is 5.48. The van der Waals surface area contributed by atoms with Crippen LogP contribution in [0.2, 0.25) is 0 Å². The van der Waals surface area contributed by atoms with Crippen molar-refractivity contribution in [2.24, 2.45) is 5.92 Å². The molecule has 0 bridgehead atoms. The van der Waals surface area contributed by atoms with Gasteiger partial charge in [0.25, 0.3) is 0 Å². The van der Waals surface area contributed by atoms with Gasteiger partial charge in [0.1, 0.15) is 0 Å². The number of allylic oxidation sites excluding steroid dienone is 1. The average molecular weight is 317 g/mol. The summed E-state index contributed by atoms with van der Waals surface area (Å²) >= 11 is 0. The van der Waals surface area contributed by atoms with E-state index in [0.29, 0.717) is 6.61 Å². The lowest BCUT2D eigenvalue weighted by Gasteiger charge is -2.25. The molecule has 2 rings (SSSR count).